The van der Waals surface area contributed by atoms with Crippen LogP contribution >= 0.6 is 0 Å². The number of anilines is 1. The van der Waals surface area contributed by atoms with Crippen molar-refractivity contribution in [3.63, 3.8) is 0 Å². The maximum atomic E-state index is 11.6. The first-order chi connectivity index (χ1) is 9.70. The van der Waals surface area contributed by atoms with Crippen LogP contribution in [0.25, 0.3) is 0 Å². The van der Waals surface area contributed by atoms with E-state index < -0.39 is 12.0 Å². The highest BCUT2D eigenvalue weighted by Crippen LogP contribution is 2.43. The third kappa shape index (κ3) is 2.19. The molecule has 3 unspecified atom stereocenters. The number of rotatable bonds is 4. The highest BCUT2D eigenvalue weighted by Gasteiger charge is 2.48. The van der Waals surface area contributed by atoms with Crippen molar-refractivity contribution < 1.29 is 14.6 Å². The van der Waals surface area contributed by atoms with Crippen molar-refractivity contribution in [1.82, 2.24) is 9.97 Å². The molecule has 0 aromatic carbocycles. The van der Waals surface area contributed by atoms with Gasteiger partial charge in [0.05, 0.1) is 6.61 Å². The van der Waals surface area contributed by atoms with E-state index in [9.17, 15) is 9.90 Å². The zero-order chi connectivity index (χ0) is 14.1. The predicted molar refractivity (Wildman–Crippen MR) is 72.8 cm³/mol. The Labute approximate surface area is 117 Å². The standard InChI is InChI=1S/C14H19N3O3/c1-2-20-11-6-7-15-14(16-11)17-8-9-4-3-5-10(9)12(17)13(18)19/h6-7,9-10,12H,2-5,8H2,1H3,(H,18,19). The normalized spacial score (nSPS) is 28.4. The summed E-state index contributed by atoms with van der Waals surface area (Å²) in [7, 11) is 0. The van der Waals surface area contributed by atoms with Crippen molar-refractivity contribution in [2.75, 3.05) is 18.1 Å². The summed E-state index contributed by atoms with van der Waals surface area (Å²) in [6.07, 6.45) is 4.85. The monoisotopic (exact) mass is 277 g/mol. The van der Waals surface area contributed by atoms with Gasteiger partial charge >= 0.3 is 5.97 Å². The van der Waals surface area contributed by atoms with Crippen LogP contribution in [-0.2, 0) is 4.79 Å². The van der Waals surface area contributed by atoms with Gasteiger partial charge in [-0.15, -0.1) is 0 Å². The first-order valence-corrected chi connectivity index (χ1v) is 7.16. The average molecular weight is 277 g/mol. The van der Waals surface area contributed by atoms with Gasteiger partial charge in [0.15, 0.2) is 0 Å². The number of carboxylic acid groups (broad SMARTS) is 1. The smallest absolute Gasteiger partial charge is 0.326 e. The molecule has 2 aliphatic rings. The van der Waals surface area contributed by atoms with Gasteiger partial charge in [-0.3, -0.25) is 0 Å². The van der Waals surface area contributed by atoms with E-state index in [1.54, 1.807) is 12.3 Å². The first kappa shape index (κ1) is 13.1. The lowest BCUT2D eigenvalue weighted by atomic mass is 9.94. The molecule has 1 saturated heterocycles. The fourth-order valence-corrected chi connectivity index (χ4v) is 3.53. The maximum Gasteiger partial charge on any atom is 0.326 e. The Bertz CT molecular complexity index is 508. The third-order valence-electron chi connectivity index (χ3n) is 4.31. The van der Waals surface area contributed by atoms with Crippen LogP contribution in [0.4, 0.5) is 5.95 Å². The van der Waals surface area contributed by atoms with E-state index in [2.05, 4.69) is 9.97 Å². The minimum Gasteiger partial charge on any atom is -0.480 e. The predicted octanol–water partition coefficient (Wildman–Crippen LogP) is 1.56. The lowest BCUT2D eigenvalue weighted by molar-refractivity contribution is -0.139. The Balaban J connectivity index is 1.88. The molecular weight excluding hydrogens is 258 g/mol. The van der Waals surface area contributed by atoms with E-state index in [1.165, 1.54) is 0 Å². The Hall–Kier alpha value is -1.85. The summed E-state index contributed by atoms with van der Waals surface area (Å²) in [6, 6.07) is 1.19. The van der Waals surface area contributed by atoms with Crippen LogP contribution in [0.3, 0.4) is 0 Å². The van der Waals surface area contributed by atoms with Crippen LogP contribution in [-0.4, -0.2) is 40.2 Å². The summed E-state index contributed by atoms with van der Waals surface area (Å²) >= 11 is 0. The molecule has 1 N–H and O–H groups in total. The Morgan fingerprint density at radius 3 is 3.15 bits per heavy atom. The van der Waals surface area contributed by atoms with Gasteiger partial charge < -0.3 is 14.7 Å². The molecule has 1 aromatic rings. The molecular formula is C14H19N3O3. The SMILES string of the molecule is CCOc1ccnc(N2CC3CCCC3C2C(=O)O)n1. The van der Waals surface area contributed by atoms with E-state index in [1.807, 2.05) is 11.8 Å². The zero-order valence-electron chi connectivity index (χ0n) is 11.5. The summed E-state index contributed by atoms with van der Waals surface area (Å²) in [5.41, 5.74) is 0. The highest BCUT2D eigenvalue weighted by atomic mass is 16.5. The molecule has 2 fully saturated rings. The molecule has 0 spiro atoms. The van der Waals surface area contributed by atoms with Gasteiger partial charge in [-0.05, 0) is 31.6 Å². The molecule has 2 heterocycles. The molecule has 0 amide bonds. The fourth-order valence-electron chi connectivity index (χ4n) is 3.53. The lowest BCUT2D eigenvalue weighted by Crippen LogP contribution is -2.40. The topological polar surface area (TPSA) is 75.5 Å². The molecule has 6 heteroatoms. The molecule has 108 valence electrons. The number of carbonyl (C=O) groups is 1. The molecule has 0 bridgehead atoms. The molecule has 1 aliphatic carbocycles. The first-order valence-electron chi connectivity index (χ1n) is 7.16. The second kappa shape index (κ2) is 5.26. The Kier molecular flexibility index (Phi) is 3.46. The molecule has 1 aliphatic heterocycles. The number of hydrogen-bond donors (Lipinski definition) is 1. The van der Waals surface area contributed by atoms with Crippen molar-refractivity contribution in [3.05, 3.63) is 12.3 Å². The van der Waals surface area contributed by atoms with Crippen LogP contribution in [0.5, 0.6) is 5.88 Å². The average Bonchev–Trinajstić information content (AvgIpc) is 2.98. The minimum absolute atomic E-state index is 0.229. The summed E-state index contributed by atoms with van der Waals surface area (Å²) < 4.78 is 5.37. The van der Waals surface area contributed by atoms with Crippen molar-refractivity contribution in [1.29, 1.82) is 0 Å². The van der Waals surface area contributed by atoms with Crippen molar-refractivity contribution >= 4 is 11.9 Å². The second-order valence-corrected chi connectivity index (χ2v) is 5.42. The van der Waals surface area contributed by atoms with Crippen LogP contribution < -0.4 is 9.64 Å². The molecule has 1 saturated carbocycles. The van der Waals surface area contributed by atoms with E-state index >= 15 is 0 Å². The third-order valence-corrected chi connectivity index (χ3v) is 4.31. The van der Waals surface area contributed by atoms with Gasteiger partial charge in [0.2, 0.25) is 11.8 Å². The van der Waals surface area contributed by atoms with Gasteiger partial charge in [-0.2, -0.15) is 4.98 Å². The van der Waals surface area contributed by atoms with Crippen LogP contribution in [0.1, 0.15) is 26.2 Å². The fraction of sp³-hybridized carbons (Fsp3) is 0.643. The van der Waals surface area contributed by atoms with Gasteiger partial charge in [0, 0.05) is 18.8 Å². The summed E-state index contributed by atoms with van der Waals surface area (Å²) in [4.78, 5) is 22.0. The summed E-state index contributed by atoms with van der Waals surface area (Å²) in [5, 5.41) is 9.54. The minimum atomic E-state index is -0.773. The molecule has 3 atom stereocenters. The number of aromatic nitrogens is 2. The molecule has 6 nitrogen and oxygen atoms in total. The van der Waals surface area contributed by atoms with E-state index in [4.69, 9.17) is 4.74 Å². The van der Waals surface area contributed by atoms with Gasteiger partial charge in [0.25, 0.3) is 0 Å². The number of carboxylic acids is 1. The summed E-state index contributed by atoms with van der Waals surface area (Å²) in [6.45, 7) is 3.16. The van der Waals surface area contributed by atoms with Crippen molar-refractivity contribution in [2.45, 2.75) is 32.2 Å². The number of ether oxygens (including phenoxy) is 1. The number of fused-ring (bicyclic) bond motifs is 1. The Morgan fingerprint density at radius 1 is 1.55 bits per heavy atom. The van der Waals surface area contributed by atoms with E-state index in [0.717, 1.165) is 25.8 Å². The van der Waals surface area contributed by atoms with Crippen LogP contribution in [0, 0.1) is 11.8 Å². The second-order valence-electron chi connectivity index (χ2n) is 5.42. The number of nitrogens with zero attached hydrogens (tertiary/aromatic N) is 3. The summed E-state index contributed by atoms with van der Waals surface area (Å²) in [5.74, 6) is 0.878. The molecule has 3 rings (SSSR count). The highest BCUT2D eigenvalue weighted by molar-refractivity contribution is 5.79. The molecule has 1 aromatic heterocycles. The number of hydrogen-bond acceptors (Lipinski definition) is 5. The van der Waals surface area contributed by atoms with Crippen LogP contribution in [0.2, 0.25) is 0 Å². The largest absolute Gasteiger partial charge is 0.480 e. The Morgan fingerprint density at radius 2 is 2.40 bits per heavy atom. The quantitative estimate of drug-likeness (QED) is 0.900. The maximum absolute atomic E-state index is 11.6. The zero-order valence-corrected chi connectivity index (χ0v) is 11.5. The van der Waals surface area contributed by atoms with Crippen LogP contribution in [0.15, 0.2) is 12.3 Å². The lowest BCUT2D eigenvalue weighted by Gasteiger charge is -2.24. The number of aliphatic carboxylic acids is 1. The molecule has 0 radical (unpaired) electrons. The van der Waals surface area contributed by atoms with E-state index in [-0.39, 0.29) is 5.92 Å². The van der Waals surface area contributed by atoms with Crippen molar-refractivity contribution in [2.24, 2.45) is 11.8 Å². The van der Waals surface area contributed by atoms with Gasteiger partial charge in [0.1, 0.15) is 6.04 Å². The van der Waals surface area contributed by atoms with E-state index in [0.29, 0.717) is 24.4 Å². The van der Waals surface area contributed by atoms with Gasteiger partial charge in [-0.25, -0.2) is 9.78 Å². The van der Waals surface area contributed by atoms with Crippen molar-refractivity contribution in [3.8, 4) is 5.88 Å². The van der Waals surface area contributed by atoms with Gasteiger partial charge in [-0.1, -0.05) is 6.42 Å². The molecule has 20 heavy (non-hydrogen) atoms.